The maximum absolute atomic E-state index is 12.6. The third-order valence-corrected chi connectivity index (χ3v) is 3.89. The lowest BCUT2D eigenvalue weighted by Gasteiger charge is -2.20. The van der Waals surface area contributed by atoms with Gasteiger partial charge in [0, 0.05) is 30.3 Å². The number of aliphatic hydroxyl groups is 1. The van der Waals surface area contributed by atoms with Crippen molar-refractivity contribution in [2.24, 2.45) is 5.92 Å². The summed E-state index contributed by atoms with van der Waals surface area (Å²) >= 11 is 0. The molecule has 0 spiro atoms. The van der Waals surface area contributed by atoms with E-state index in [9.17, 15) is 14.7 Å². The first-order valence-corrected chi connectivity index (χ1v) is 7.85. The average molecular weight is 304 g/mol. The van der Waals surface area contributed by atoms with Gasteiger partial charge in [-0.3, -0.25) is 9.59 Å². The van der Waals surface area contributed by atoms with Crippen molar-refractivity contribution in [3.05, 3.63) is 29.8 Å². The fraction of sp³-hybridized carbons (Fsp3) is 0.529. The molecule has 1 aliphatic rings. The molecule has 120 valence electrons. The number of likely N-dealkylation sites (tertiary alicyclic amines) is 1. The lowest BCUT2D eigenvalue weighted by Crippen LogP contribution is -2.32. The SMILES string of the molecule is CC(C)C(=O)Nc1cccc(C(=O)N2CCCC(O)CC2)c1. The quantitative estimate of drug-likeness (QED) is 0.900. The number of rotatable bonds is 3. The van der Waals surface area contributed by atoms with E-state index in [1.165, 1.54) is 0 Å². The van der Waals surface area contributed by atoms with Crippen LogP contribution in [-0.4, -0.2) is 41.0 Å². The second-order valence-corrected chi connectivity index (χ2v) is 6.10. The lowest BCUT2D eigenvalue weighted by molar-refractivity contribution is -0.118. The van der Waals surface area contributed by atoms with Gasteiger partial charge in [-0.25, -0.2) is 0 Å². The van der Waals surface area contributed by atoms with E-state index in [4.69, 9.17) is 0 Å². The third kappa shape index (κ3) is 4.31. The zero-order valence-electron chi connectivity index (χ0n) is 13.2. The number of anilines is 1. The van der Waals surface area contributed by atoms with E-state index < -0.39 is 0 Å². The first-order chi connectivity index (χ1) is 10.5. The summed E-state index contributed by atoms with van der Waals surface area (Å²) < 4.78 is 0. The van der Waals surface area contributed by atoms with E-state index in [1.54, 1.807) is 29.2 Å². The molecule has 1 aliphatic heterocycles. The Kier molecular flexibility index (Phi) is 5.55. The summed E-state index contributed by atoms with van der Waals surface area (Å²) in [6, 6.07) is 7.03. The standard InChI is InChI=1S/C17H24N2O3/c1-12(2)16(21)18-14-6-3-5-13(11-14)17(22)19-9-4-7-15(20)8-10-19/h3,5-6,11-12,15,20H,4,7-10H2,1-2H3,(H,18,21). The first-order valence-electron chi connectivity index (χ1n) is 7.85. The number of carbonyl (C=O) groups excluding carboxylic acids is 2. The number of hydrogen-bond donors (Lipinski definition) is 2. The average Bonchev–Trinajstić information content (AvgIpc) is 2.71. The van der Waals surface area contributed by atoms with Gasteiger partial charge in [0.2, 0.25) is 5.91 Å². The Morgan fingerprint density at radius 2 is 2.05 bits per heavy atom. The molecule has 0 radical (unpaired) electrons. The van der Waals surface area contributed by atoms with Crippen LogP contribution in [0.5, 0.6) is 0 Å². The second-order valence-electron chi connectivity index (χ2n) is 6.10. The lowest BCUT2D eigenvalue weighted by atomic mass is 10.1. The van der Waals surface area contributed by atoms with Gasteiger partial charge in [-0.05, 0) is 37.5 Å². The molecule has 1 heterocycles. The number of nitrogens with zero attached hydrogens (tertiary/aromatic N) is 1. The molecule has 22 heavy (non-hydrogen) atoms. The van der Waals surface area contributed by atoms with Crippen molar-refractivity contribution in [2.45, 2.75) is 39.2 Å². The van der Waals surface area contributed by atoms with Gasteiger partial charge in [-0.2, -0.15) is 0 Å². The molecule has 1 aromatic rings. The summed E-state index contributed by atoms with van der Waals surface area (Å²) in [5.74, 6) is -0.219. The smallest absolute Gasteiger partial charge is 0.253 e. The predicted octanol–water partition coefficient (Wildman–Crippen LogP) is 2.27. The summed E-state index contributed by atoms with van der Waals surface area (Å²) in [4.78, 5) is 26.1. The Morgan fingerprint density at radius 1 is 1.27 bits per heavy atom. The fourth-order valence-electron chi connectivity index (χ4n) is 2.48. The van der Waals surface area contributed by atoms with E-state index in [-0.39, 0.29) is 23.8 Å². The molecule has 0 saturated carbocycles. The van der Waals surface area contributed by atoms with Crippen molar-refractivity contribution in [1.82, 2.24) is 4.90 Å². The highest BCUT2D eigenvalue weighted by atomic mass is 16.3. The molecule has 1 fully saturated rings. The number of benzene rings is 1. The van der Waals surface area contributed by atoms with Gasteiger partial charge < -0.3 is 15.3 Å². The van der Waals surface area contributed by atoms with E-state index >= 15 is 0 Å². The van der Waals surface area contributed by atoms with Crippen LogP contribution in [0.1, 0.15) is 43.5 Å². The summed E-state index contributed by atoms with van der Waals surface area (Å²) in [6.45, 7) is 4.89. The molecular formula is C17H24N2O3. The first kappa shape index (κ1) is 16.5. The highest BCUT2D eigenvalue weighted by molar-refractivity contribution is 5.97. The number of nitrogens with one attached hydrogen (secondary N) is 1. The zero-order chi connectivity index (χ0) is 16.1. The Hall–Kier alpha value is -1.88. The van der Waals surface area contributed by atoms with Crippen molar-refractivity contribution in [3.8, 4) is 0 Å². The van der Waals surface area contributed by atoms with Gasteiger partial charge in [0.15, 0.2) is 0 Å². The van der Waals surface area contributed by atoms with Gasteiger partial charge in [-0.15, -0.1) is 0 Å². The molecule has 2 N–H and O–H groups in total. The van der Waals surface area contributed by atoms with Crippen molar-refractivity contribution < 1.29 is 14.7 Å². The number of amides is 2. The molecule has 1 atom stereocenters. The Labute approximate surface area is 131 Å². The van der Waals surface area contributed by atoms with Crippen LogP contribution in [0.3, 0.4) is 0 Å². The number of hydrogen-bond acceptors (Lipinski definition) is 3. The summed E-state index contributed by atoms with van der Waals surface area (Å²) in [5, 5.41) is 12.5. The molecule has 5 nitrogen and oxygen atoms in total. The van der Waals surface area contributed by atoms with E-state index in [1.807, 2.05) is 13.8 Å². The highest BCUT2D eigenvalue weighted by Gasteiger charge is 2.20. The minimum atomic E-state index is -0.311. The van der Waals surface area contributed by atoms with Crippen LogP contribution in [0.15, 0.2) is 24.3 Å². The molecule has 0 aromatic heterocycles. The van der Waals surface area contributed by atoms with Crippen molar-refractivity contribution in [1.29, 1.82) is 0 Å². The van der Waals surface area contributed by atoms with Crippen LogP contribution in [0.25, 0.3) is 0 Å². The van der Waals surface area contributed by atoms with Crippen LogP contribution in [-0.2, 0) is 4.79 Å². The monoisotopic (exact) mass is 304 g/mol. The Bertz CT molecular complexity index is 542. The van der Waals surface area contributed by atoms with Crippen molar-refractivity contribution in [2.75, 3.05) is 18.4 Å². The Morgan fingerprint density at radius 3 is 2.77 bits per heavy atom. The topological polar surface area (TPSA) is 69.6 Å². The molecule has 1 saturated heterocycles. The van der Waals surface area contributed by atoms with Crippen molar-refractivity contribution >= 4 is 17.5 Å². The molecule has 5 heteroatoms. The highest BCUT2D eigenvalue weighted by Crippen LogP contribution is 2.17. The van der Waals surface area contributed by atoms with Gasteiger partial charge >= 0.3 is 0 Å². The summed E-state index contributed by atoms with van der Waals surface area (Å²) in [7, 11) is 0. The van der Waals surface area contributed by atoms with Crippen LogP contribution in [0.4, 0.5) is 5.69 Å². The van der Waals surface area contributed by atoms with E-state index in [0.29, 0.717) is 30.8 Å². The van der Waals surface area contributed by atoms with Crippen LogP contribution >= 0.6 is 0 Å². The summed E-state index contributed by atoms with van der Waals surface area (Å²) in [5.41, 5.74) is 1.21. The van der Waals surface area contributed by atoms with Gasteiger partial charge in [0.05, 0.1) is 6.10 Å². The molecule has 0 bridgehead atoms. The predicted molar refractivity (Wildman–Crippen MR) is 85.7 cm³/mol. The molecule has 2 rings (SSSR count). The van der Waals surface area contributed by atoms with E-state index in [2.05, 4.69) is 5.32 Å². The normalized spacial score (nSPS) is 18.9. The summed E-state index contributed by atoms with van der Waals surface area (Å²) in [6.07, 6.45) is 1.87. The molecule has 1 aromatic carbocycles. The fourth-order valence-corrected chi connectivity index (χ4v) is 2.48. The maximum atomic E-state index is 12.6. The second kappa shape index (κ2) is 7.40. The van der Waals surface area contributed by atoms with Crippen LogP contribution < -0.4 is 5.32 Å². The Balaban J connectivity index is 2.08. The van der Waals surface area contributed by atoms with Crippen molar-refractivity contribution in [3.63, 3.8) is 0 Å². The minimum Gasteiger partial charge on any atom is -0.393 e. The number of aliphatic hydroxyl groups excluding tert-OH is 1. The molecule has 0 aliphatic carbocycles. The third-order valence-electron chi connectivity index (χ3n) is 3.89. The number of carbonyl (C=O) groups is 2. The molecule has 2 amide bonds. The zero-order valence-corrected chi connectivity index (χ0v) is 13.2. The van der Waals surface area contributed by atoms with E-state index in [0.717, 1.165) is 12.8 Å². The van der Waals surface area contributed by atoms with Gasteiger partial charge in [0.1, 0.15) is 0 Å². The van der Waals surface area contributed by atoms with Gasteiger partial charge in [-0.1, -0.05) is 19.9 Å². The van der Waals surface area contributed by atoms with Crippen LogP contribution in [0.2, 0.25) is 0 Å². The minimum absolute atomic E-state index is 0.0465. The van der Waals surface area contributed by atoms with Gasteiger partial charge in [0.25, 0.3) is 5.91 Å². The molecule has 1 unspecified atom stereocenters. The maximum Gasteiger partial charge on any atom is 0.253 e. The molecular weight excluding hydrogens is 280 g/mol. The largest absolute Gasteiger partial charge is 0.393 e. The van der Waals surface area contributed by atoms with Crippen LogP contribution in [0, 0.1) is 5.92 Å².